The zero-order valence-corrected chi connectivity index (χ0v) is 8.59. The molecule has 0 spiro atoms. The maximum Gasteiger partial charge on any atom is 0.255 e. The molecule has 4 nitrogen and oxygen atoms in total. The third kappa shape index (κ3) is 1.65. The van der Waals surface area contributed by atoms with Gasteiger partial charge in [-0.1, -0.05) is 11.6 Å². The molecule has 2 heterocycles. The number of amides is 1. The van der Waals surface area contributed by atoms with Crippen molar-refractivity contribution >= 4 is 46.2 Å². The van der Waals surface area contributed by atoms with Gasteiger partial charge in [0, 0.05) is 0 Å². The highest BCUT2D eigenvalue weighted by Gasteiger charge is 2.30. The molecule has 1 fully saturated rings. The van der Waals surface area contributed by atoms with Gasteiger partial charge in [-0.15, -0.1) is 11.3 Å². The van der Waals surface area contributed by atoms with Gasteiger partial charge in [-0.05, 0) is 12.2 Å². The number of nitrogens with zero attached hydrogens (tertiary/aromatic N) is 1. The standard InChI is InChI=1S/C6H4ClN3OS2/c7-2-1-8-5(13-2)3-4(11)10-6(12)9-3/h1,3H,(H2,9,10,11,12). The molecule has 1 amide bonds. The summed E-state index contributed by atoms with van der Waals surface area (Å²) in [4.78, 5) is 15.2. The van der Waals surface area contributed by atoms with Gasteiger partial charge in [0.05, 0.1) is 6.20 Å². The smallest absolute Gasteiger partial charge is 0.255 e. The van der Waals surface area contributed by atoms with Gasteiger partial charge >= 0.3 is 0 Å². The summed E-state index contributed by atoms with van der Waals surface area (Å²) in [6.45, 7) is 0. The van der Waals surface area contributed by atoms with Gasteiger partial charge < -0.3 is 10.6 Å². The number of nitrogens with one attached hydrogen (secondary N) is 2. The monoisotopic (exact) mass is 233 g/mol. The summed E-state index contributed by atoms with van der Waals surface area (Å²) in [6.07, 6.45) is 1.51. The molecule has 0 bridgehead atoms. The highest BCUT2D eigenvalue weighted by molar-refractivity contribution is 7.80. The van der Waals surface area contributed by atoms with Crippen LogP contribution in [0.15, 0.2) is 6.20 Å². The number of halogens is 1. The summed E-state index contributed by atoms with van der Waals surface area (Å²) in [7, 11) is 0. The van der Waals surface area contributed by atoms with Gasteiger partial charge in [-0.25, -0.2) is 4.98 Å². The Morgan fingerprint density at radius 2 is 2.46 bits per heavy atom. The molecule has 1 saturated heterocycles. The lowest BCUT2D eigenvalue weighted by molar-refractivity contribution is -0.120. The van der Waals surface area contributed by atoms with Gasteiger partial charge in [0.2, 0.25) is 0 Å². The molecule has 0 aromatic carbocycles. The average molecular weight is 234 g/mol. The Morgan fingerprint density at radius 1 is 1.69 bits per heavy atom. The number of thiocarbonyl (C=S) groups is 1. The molecule has 2 N–H and O–H groups in total. The predicted octanol–water partition coefficient (Wildman–Crippen LogP) is 0.842. The molecule has 2 rings (SSSR count). The molecule has 1 aliphatic heterocycles. The van der Waals surface area contributed by atoms with Crippen LogP contribution in [0, 0.1) is 0 Å². The van der Waals surface area contributed by atoms with Crippen molar-refractivity contribution in [1.29, 1.82) is 0 Å². The summed E-state index contributed by atoms with van der Waals surface area (Å²) >= 11 is 11.7. The lowest BCUT2D eigenvalue weighted by Crippen LogP contribution is -2.21. The van der Waals surface area contributed by atoms with Crippen LogP contribution in [0.4, 0.5) is 0 Å². The molecule has 0 radical (unpaired) electrons. The maximum atomic E-state index is 11.3. The summed E-state index contributed by atoms with van der Waals surface area (Å²) < 4.78 is 0.558. The van der Waals surface area contributed by atoms with Crippen LogP contribution in [-0.4, -0.2) is 16.0 Å². The number of thiazole rings is 1. The Kier molecular flexibility index (Phi) is 2.19. The molecule has 7 heteroatoms. The van der Waals surface area contributed by atoms with Gasteiger partial charge in [-0.2, -0.15) is 0 Å². The summed E-state index contributed by atoms with van der Waals surface area (Å²) in [6, 6.07) is -0.481. The minimum Gasteiger partial charge on any atom is -0.345 e. The van der Waals surface area contributed by atoms with Gasteiger partial charge in [0.1, 0.15) is 9.34 Å². The third-order valence-corrected chi connectivity index (χ3v) is 2.92. The molecular formula is C6H4ClN3OS2. The first-order valence-electron chi connectivity index (χ1n) is 3.39. The molecule has 1 unspecified atom stereocenters. The van der Waals surface area contributed by atoms with Crippen molar-refractivity contribution in [1.82, 2.24) is 15.6 Å². The first kappa shape index (κ1) is 8.86. The number of carbonyl (C=O) groups is 1. The van der Waals surface area contributed by atoms with Crippen molar-refractivity contribution in [2.24, 2.45) is 0 Å². The summed E-state index contributed by atoms with van der Waals surface area (Å²) in [5.41, 5.74) is 0. The Hall–Kier alpha value is -0.720. The average Bonchev–Trinajstić information content (AvgIpc) is 2.58. The van der Waals surface area contributed by atoms with E-state index in [1.54, 1.807) is 0 Å². The van der Waals surface area contributed by atoms with Crippen LogP contribution in [0.3, 0.4) is 0 Å². The van der Waals surface area contributed by atoms with Crippen LogP contribution in [-0.2, 0) is 4.79 Å². The molecule has 1 aromatic heterocycles. The first-order chi connectivity index (χ1) is 6.16. The predicted molar refractivity (Wildman–Crippen MR) is 53.7 cm³/mol. The first-order valence-corrected chi connectivity index (χ1v) is 4.99. The highest BCUT2D eigenvalue weighted by atomic mass is 35.5. The molecule has 1 aliphatic rings. The maximum absolute atomic E-state index is 11.3. The van der Waals surface area contributed by atoms with E-state index in [-0.39, 0.29) is 5.91 Å². The van der Waals surface area contributed by atoms with Crippen LogP contribution in [0.25, 0.3) is 0 Å². The molecule has 13 heavy (non-hydrogen) atoms. The Labute approximate surface area is 88.3 Å². The van der Waals surface area contributed by atoms with Gasteiger partial charge in [-0.3, -0.25) is 4.79 Å². The van der Waals surface area contributed by atoms with Crippen LogP contribution in [0.5, 0.6) is 0 Å². The number of aromatic nitrogens is 1. The topological polar surface area (TPSA) is 54.0 Å². The summed E-state index contributed by atoms with van der Waals surface area (Å²) in [5.74, 6) is -0.184. The lowest BCUT2D eigenvalue weighted by Gasteiger charge is -2.01. The minimum absolute atomic E-state index is 0.184. The number of rotatable bonds is 1. The molecule has 0 saturated carbocycles. The van der Waals surface area contributed by atoms with Crippen LogP contribution < -0.4 is 10.6 Å². The fourth-order valence-electron chi connectivity index (χ4n) is 0.991. The van der Waals surface area contributed by atoms with Crippen molar-refractivity contribution in [2.45, 2.75) is 6.04 Å². The molecular weight excluding hydrogens is 230 g/mol. The molecule has 1 atom stereocenters. The fraction of sp³-hybridized carbons (Fsp3) is 0.167. The molecule has 1 aromatic rings. The second-order valence-corrected chi connectivity index (χ2v) is 4.50. The molecule has 0 aliphatic carbocycles. The van der Waals surface area contributed by atoms with E-state index in [1.807, 2.05) is 0 Å². The van der Waals surface area contributed by atoms with E-state index in [0.717, 1.165) is 0 Å². The van der Waals surface area contributed by atoms with E-state index in [4.69, 9.17) is 23.8 Å². The van der Waals surface area contributed by atoms with Gasteiger partial charge in [0.15, 0.2) is 11.2 Å². The van der Waals surface area contributed by atoms with Crippen LogP contribution in [0.2, 0.25) is 4.34 Å². The normalized spacial score (nSPS) is 21.5. The summed E-state index contributed by atoms with van der Waals surface area (Å²) in [5, 5.41) is 6.23. The SMILES string of the molecule is O=C1NC(=S)NC1c1ncc(Cl)s1. The Morgan fingerprint density at radius 3 is 2.92 bits per heavy atom. The fourth-order valence-corrected chi connectivity index (χ4v) is 2.19. The van der Waals surface area contributed by atoms with Crippen molar-refractivity contribution in [3.63, 3.8) is 0 Å². The number of carbonyl (C=O) groups excluding carboxylic acids is 1. The van der Waals surface area contributed by atoms with Crippen molar-refractivity contribution in [2.75, 3.05) is 0 Å². The second kappa shape index (κ2) is 3.21. The Balaban J connectivity index is 2.27. The second-order valence-electron chi connectivity index (χ2n) is 2.40. The Bertz CT molecular complexity index is 378. The van der Waals surface area contributed by atoms with Crippen molar-refractivity contribution in [3.05, 3.63) is 15.5 Å². The number of hydrogen-bond acceptors (Lipinski definition) is 4. The van der Waals surface area contributed by atoms with E-state index < -0.39 is 6.04 Å². The minimum atomic E-state index is -0.481. The van der Waals surface area contributed by atoms with E-state index in [2.05, 4.69) is 15.6 Å². The van der Waals surface area contributed by atoms with Gasteiger partial charge in [0.25, 0.3) is 5.91 Å². The van der Waals surface area contributed by atoms with Crippen LogP contribution in [0.1, 0.15) is 11.0 Å². The van der Waals surface area contributed by atoms with E-state index >= 15 is 0 Å². The van der Waals surface area contributed by atoms with Crippen molar-refractivity contribution in [3.8, 4) is 0 Å². The zero-order valence-electron chi connectivity index (χ0n) is 6.20. The zero-order chi connectivity index (χ0) is 9.42. The van der Waals surface area contributed by atoms with Crippen LogP contribution >= 0.6 is 35.2 Å². The lowest BCUT2D eigenvalue weighted by atomic mass is 10.3. The van der Waals surface area contributed by atoms with Crippen molar-refractivity contribution < 1.29 is 4.79 Å². The quantitative estimate of drug-likeness (QED) is 0.706. The van der Waals surface area contributed by atoms with E-state index in [1.165, 1.54) is 17.5 Å². The van der Waals surface area contributed by atoms with E-state index in [0.29, 0.717) is 14.5 Å². The molecule has 68 valence electrons. The third-order valence-electron chi connectivity index (χ3n) is 1.52. The van der Waals surface area contributed by atoms with E-state index in [9.17, 15) is 4.79 Å². The largest absolute Gasteiger partial charge is 0.345 e. The number of hydrogen-bond donors (Lipinski definition) is 2. The highest BCUT2D eigenvalue weighted by Crippen LogP contribution is 2.25.